The summed E-state index contributed by atoms with van der Waals surface area (Å²) >= 11 is 7.29. The van der Waals surface area contributed by atoms with Crippen molar-refractivity contribution in [3.8, 4) is 6.01 Å². The van der Waals surface area contributed by atoms with E-state index in [9.17, 15) is 19.5 Å². The van der Waals surface area contributed by atoms with Crippen molar-refractivity contribution < 1.29 is 24.2 Å². The fraction of sp³-hybridized carbons (Fsp3) is 0.550. The topological polar surface area (TPSA) is 118 Å². The highest BCUT2D eigenvalue weighted by molar-refractivity contribution is 7.16. The minimum atomic E-state index is -1.15. The van der Waals surface area contributed by atoms with Crippen molar-refractivity contribution in [2.75, 3.05) is 27.2 Å². The van der Waals surface area contributed by atoms with Crippen LogP contribution in [0.3, 0.4) is 0 Å². The summed E-state index contributed by atoms with van der Waals surface area (Å²) in [4.78, 5) is 46.0. The summed E-state index contributed by atoms with van der Waals surface area (Å²) in [5.41, 5.74) is -1.15. The molecule has 0 saturated carbocycles. The SMILES string of the molecule is CC1CN(C(=O)N(C)C)C(=O)C1c1nc(OCc2ccc(Cl)s2)n(C(=O)C(C)(C)CO)n1. The fourth-order valence-corrected chi connectivity index (χ4v) is 4.26. The lowest BCUT2D eigenvalue weighted by Crippen LogP contribution is -2.40. The second-order valence-corrected chi connectivity index (χ2v) is 10.4. The van der Waals surface area contributed by atoms with Gasteiger partial charge in [-0.3, -0.25) is 14.5 Å². The minimum Gasteiger partial charge on any atom is -0.458 e. The molecular formula is C20H26ClN5O5S. The number of ether oxygens (including phenoxy) is 1. The zero-order valence-corrected chi connectivity index (χ0v) is 20.1. The van der Waals surface area contributed by atoms with E-state index in [2.05, 4.69) is 10.1 Å². The van der Waals surface area contributed by atoms with Crippen molar-refractivity contribution in [3.05, 3.63) is 27.2 Å². The van der Waals surface area contributed by atoms with E-state index >= 15 is 0 Å². The Bertz CT molecular complexity index is 1030. The molecule has 1 fully saturated rings. The number of thiophene rings is 1. The van der Waals surface area contributed by atoms with Crippen molar-refractivity contribution in [3.63, 3.8) is 0 Å². The molecule has 0 spiro atoms. The summed E-state index contributed by atoms with van der Waals surface area (Å²) in [6.45, 7) is 4.86. The van der Waals surface area contributed by atoms with Crippen molar-refractivity contribution in [1.29, 1.82) is 0 Å². The molecule has 32 heavy (non-hydrogen) atoms. The number of amides is 3. The number of halogens is 1. The molecule has 2 atom stereocenters. The first-order valence-corrected chi connectivity index (χ1v) is 11.2. The first kappa shape index (κ1) is 24.1. The number of nitrogens with zero attached hydrogens (tertiary/aromatic N) is 5. The Labute approximate surface area is 194 Å². The molecule has 3 heterocycles. The van der Waals surface area contributed by atoms with Gasteiger partial charge in [0.25, 0.3) is 5.91 Å². The molecular weight excluding hydrogens is 458 g/mol. The van der Waals surface area contributed by atoms with Crippen molar-refractivity contribution in [2.24, 2.45) is 11.3 Å². The van der Waals surface area contributed by atoms with Gasteiger partial charge in [-0.15, -0.1) is 21.1 Å². The molecule has 1 N–H and O–H groups in total. The Kier molecular flexibility index (Phi) is 6.91. The molecule has 3 amide bonds. The Morgan fingerprint density at radius 1 is 1.38 bits per heavy atom. The highest BCUT2D eigenvalue weighted by atomic mass is 35.5. The van der Waals surface area contributed by atoms with Gasteiger partial charge >= 0.3 is 12.0 Å². The van der Waals surface area contributed by atoms with Crippen molar-refractivity contribution in [2.45, 2.75) is 33.3 Å². The summed E-state index contributed by atoms with van der Waals surface area (Å²) in [5.74, 6) is -1.93. The van der Waals surface area contributed by atoms with Crippen LogP contribution in [0.1, 0.15) is 42.2 Å². The van der Waals surface area contributed by atoms with Gasteiger partial charge in [-0.25, -0.2) is 4.79 Å². The van der Waals surface area contributed by atoms with Crippen LogP contribution >= 0.6 is 22.9 Å². The van der Waals surface area contributed by atoms with Gasteiger partial charge in [0.05, 0.1) is 16.4 Å². The molecule has 1 aliphatic rings. The third-order valence-corrected chi connectivity index (χ3v) is 6.40. The molecule has 12 heteroatoms. The van der Waals surface area contributed by atoms with E-state index < -0.39 is 35.8 Å². The van der Waals surface area contributed by atoms with Crippen LogP contribution in [0.15, 0.2) is 12.1 Å². The van der Waals surface area contributed by atoms with Crippen molar-refractivity contribution in [1.82, 2.24) is 24.6 Å². The summed E-state index contributed by atoms with van der Waals surface area (Å²) in [6.07, 6.45) is 0. The molecule has 3 rings (SSSR count). The predicted octanol–water partition coefficient (Wildman–Crippen LogP) is 2.47. The second-order valence-electron chi connectivity index (χ2n) is 8.59. The zero-order valence-electron chi connectivity index (χ0n) is 18.5. The van der Waals surface area contributed by atoms with Crippen LogP contribution in [0.2, 0.25) is 4.34 Å². The summed E-state index contributed by atoms with van der Waals surface area (Å²) < 4.78 is 7.34. The van der Waals surface area contributed by atoms with Gasteiger partial charge in [0.15, 0.2) is 5.82 Å². The number of likely N-dealkylation sites (tertiary alicyclic amines) is 1. The number of hydrogen-bond acceptors (Lipinski definition) is 8. The van der Waals surface area contributed by atoms with E-state index in [1.807, 2.05) is 6.92 Å². The van der Waals surface area contributed by atoms with E-state index in [0.29, 0.717) is 4.34 Å². The molecule has 0 aromatic carbocycles. The summed E-state index contributed by atoms with van der Waals surface area (Å²) in [7, 11) is 3.14. The zero-order chi connectivity index (χ0) is 23.8. The lowest BCUT2D eigenvalue weighted by Gasteiger charge is -2.19. The number of hydrogen-bond donors (Lipinski definition) is 1. The number of carbonyl (C=O) groups excluding carboxylic acids is 3. The van der Waals surface area contributed by atoms with Crippen molar-refractivity contribution >= 4 is 40.8 Å². The molecule has 2 aromatic rings. The molecule has 10 nitrogen and oxygen atoms in total. The number of urea groups is 1. The Hall–Kier alpha value is -2.50. The molecule has 2 unspecified atom stereocenters. The molecule has 2 aromatic heterocycles. The quantitative estimate of drug-likeness (QED) is 0.670. The Balaban J connectivity index is 1.95. The van der Waals surface area contributed by atoms with E-state index in [1.54, 1.807) is 40.1 Å². The number of aliphatic hydroxyl groups excluding tert-OH is 1. The van der Waals surface area contributed by atoms with Gasteiger partial charge in [-0.2, -0.15) is 4.98 Å². The Morgan fingerprint density at radius 3 is 2.62 bits per heavy atom. The van der Waals surface area contributed by atoms with Gasteiger partial charge < -0.3 is 14.7 Å². The first-order valence-electron chi connectivity index (χ1n) is 9.98. The maximum Gasteiger partial charge on any atom is 0.326 e. The Morgan fingerprint density at radius 2 is 2.06 bits per heavy atom. The highest BCUT2D eigenvalue weighted by Crippen LogP contribution is 2.34. The molecule has 1 aliphatic heterocycles. The highest BCUT2D eigenvalue weighted by Gasteiger charge is 2.45. The largest absolute Gasteiger partial charge is 0.458 e. The van der Waals surface area contributed by atoms with E-state index in [0.717, 1.165) is 14.5 Å². The van der Waals surface area contributed by atoms with Gasteiger partial charge in [-0.05, 0) is 31.9 Å². The molecule has 174 valence electrons. The standard InChI is InChI=1S/C20H26ClN5O5S/c1-11-8-25(19(30)24(4)5)16(28)14(11)15-22-18(31-9-12-6-7-13(21)32-12)26(23-15)17(29)20(2,3)10-27/h6-7,11,14,27H,8-10H2,1-5H3. The maximum absolute atomic E-state index is 13.0. The average Bonchev–Trinajstić information content (AvgIpc) is 3.42. The minimum absolute atomic E-state index is 0.0894. The number of aromatic nitrogens is 3. The van der Waals surface area contributed by atoms with Crippen LogP contribution in [-0.4, -0.2) is 74.8 Å². The van der Waals surface area contributed by atoms with Gasteiger partial charge in [0.1, 0.15) is 12.5 Å². The second kappa shape index (κ2) is 9.16. The van der Waals surface area contributed by atoms with E-state index in [1.165, 1.54) is 16.2 Å². The third-order valence-electron chi connectivity index (χ3n) is 5.20. The van der Waals surface area contributed by atoms with Crippen LogP contribution in [0, 0.1) is 11.3 Å². The number of carbonyl (C=O) groups is 3. The van der Waals surface area contributed by atoms with Crippen LogP contribution in [0.25, 0.3) is 0 Å². The number of aliphatic hydroxyl groups is 1. The molecule has 0 aliphatic carbocycles. The lowest BCUT2D eigenvalue weighted by molar-refractivity contribution is -0.127. The van der Waals surface area contributed by atoms with E-state index in [4.69, 9.17) is 16.3 Å². The van der Waals surface area contributed by atoms with E-state index in [-0.39, 0.29) is 30.9 Å². The maximum atomic E-state index is 13.0. The fourth-order valence-electron chi connectivity index (χ4n) is 3.26. The van der Waals surface area contributed by atoms with Gasteiger partial charge in [0, 0.05) is 25.5 Å². The number of rotatable bonds is 6. The first-order chi connectivity index (χ1) is 15.0. The van der Waals surface area contributed by atoms with Gasteiger partial charge in [0.2, 0.25) is 5.91 Å². The van der Waals surface area contributed by atoms with Crippen LogP contribution < -0.4 is 4.74 Å². The summed E-state index contributed by atoms with van der Waals surface area (Å²) in [5, 5.41) is 13.9. The van der Waals surface area contributed by atoms with Crippen LogP contribution in [-0.2, 0) is 11.4 Å². The predicted molar refractivity (Wildman–Crippen MR) is 118 cm³/mol. The smallest absolute Gasteiger partial charge is 0.326 e. The monoisotopic (exact) mass is 483 g/mol. The van der Waals surface area contributed by atoms with Crippen LogP contribution in [0.4, 0.5) is 4.79 Å². The van der Waals surface area contributed by atoms with Gasteiger partial charge in [-0.1, -0.05) is 18.5 Å². The average molecular weight is 484 g/mol. The summed E-state index contributed by atoms with van der Waals surface area (Å²) in [6, 6.07) is 3.01. The normalized spacial score (nSPS) is 18.8. The third kappa shape index (κ3) is 4.64. The lowest BCUT2D eigenvalue weighted by atomic mass is 9.94. The molecule has 0 radical (unpaired) electrons. The number of imide groups is 1. The van der Waals surface area contributed by atoms with Crippen LogP contribution in [0.5, 0.6) is 6.01 Å². The molecule has 0 bridgehead atoms. The molecule has 1 saturated heterocycles.